The molecule has 7 aliphatic rings. The van der Waals surface area contributed by atoms with E-state index in [9.17, 15) is 0 Å². The average molecular weight is 955 g/mol. The second-order valence-electron chi connectivity index (χ2n) is 23.7. The van der Waals surface area contributed by atoms with Gasteiger partial charge in [-0.15, -0.1) is 0 Å². The lowest BCUT2D eigenvalue weighted by atomic mass is 9.75. The maximum atomic E-state index is 6.63. The van der Waals surface area contributed by atoms with E-state index < -0.39 is 0 Å². The summed E-state index contributed by atoms with van der Waals surface area (Å²) in [5, 5.41) is 2.41. The van der Waals surface area contributed by atoms with Crippen molar-refractivity contribution in [3.63, 3.8) is 0 Å². The lowest BCUT2D eigenvalue weighted by Crippen LogP contribution is -2.27. The van der Waals surface area contributed by atoms with Gasteiger partial charge in [0.2, 0.25) is 0 Å². The third-order valence-corrected chi connectivity index (χ3v) is 18.1. The predicted octanol–water partition coefficient (Wildman–Crippen LogP) is 19.0. The fraction of sp³-hybridized carbons (Fsp3) is 0.296. The molecule has 3 atom stereocenters. The zero-order valence-electron chi connectivity index (χ0n) is 45.3. The van der Waals surface area contributed by atoms with Gasteiger partial charge in [0.25, 0.3) is 0 Å². The lowest BCUT2D eigenvalue weighted by molar-refractivity contribution is 0.252. The van der Waals surface area contributed by atoms with Gasteiger partial charge < -0.3 is 9.15 Å². The molecule has 3 unspecified atom stereocenters. The first-order chi connectivity index (χ1) is 35.0. The largest absolute Gasteiger partial charge is 0.484 e. The SMILES string of the molecule is CC.CC1=CCC2C(=C1)C(C)(C)c1cc3c(cc12)C(C)(C)C1=CC=C2c4ccccc4OC2C13.Cc1ccc2c(c1)C(C)(C)c1cc3c(cc1-2)C(C)(C)c1ccc2c(oc4ccccc42)c1-3.Cc1ccccc1. The third-order valence-electron chi connectivity index (χ3n) is 18.1. The van der Waals surface area contributed by atoms with Crippen molar-refractivity contribution in [2.24, 2.45) is 0 Å². The molecule has 0 saturated carbocycles. The first-order valence-electron chi connectivity index (χ1n) is 27.0. The van der Waals surface area contributed by atoms with E-state index in [1.165, 1.54) is 105 Å². The Labute approximate surface area is 434 Å². The summed E-state index contributed by atoms with van der Waals surface area (Å²) in [6, 6.07) is 48.8. The van der Waals surface area contributed by atoms with Crippen LogP contribution in [0.4, 0.5) is 0 Å². The van der Waals surface area contributed by atoms with Crippen LogP contribution in [-0.2, 0) is 21.7 Å². The molecular weight excluding hydrogens is 885 g/mol. The second-order valence-corrected chi connectivity index (χ2v) is 23.7. The van der Waals surface area contributed by atoms with Crippen molar-refractivity contribution in [1.82, 2.24) is 0 Å². The van der Waals surface area contributed by atoms with E-state index in [4.69, 9.17) is 9.15 Å². The van der Waals surface area contributed by atoms with E-state index in [2.05, 4.69) is 216 Å². The van der Waals surface area contributed by atoms with Crippen LogP contribution in [-0.4, -0.2) is 6.10 Å². The highest BCUT2D eigenvalue weighted by Crippen LogP contribution is 2.63. The Morgan fingerprint density at radius 2 is 1.12 bits per heavy atom. The van der Waals surface area contributed by atoms with Gasteiger partial charge in [-0.3, -0.25) is 0 Å². The van der Waals surface area contributed by atoms with E-state index in [1.807, 2.05) is 32.0 Å². The minimum atomic E-state index is -0.0650. The Kier molecular flexibility index (Phi) is 10.7. The number of fused-ring (bicyclic) bond motifs is 20. The fourth-order valence-electron chi connectivity index (χ4n) is 14.2. The van der Waals surface area contributed by atoms with Crippen LogP contribution in [0.2, 0.25) is 0 Å². The molecule has 0 fully saturated rings. The second kappa shape index (κ2) is 16.6. The highest BCUT2D eigenvalue weighted by molar-refractivity contribution is 6.12. The van der Waals surface area contributed by atoms with Crippen molar-refractivity contribution in [1.29, 1.82) is 0 Å². The number of hydrogen-bond donors (Lipinski definition) is 0. The van der Waals surface area contributed by atoms with Crippen LogP contribution in [0.3, 0.4) is 0 Å². The van der Waals surface area contributed by atoms with Crippen LogP contribution in [0.5, 0.6) is 5.75 Å². The Hall–Kier alpha value is -6.90. The van der Waals surface area contributed by atoms with Crippen molar-refractivity contribution < 1.29 is 9.15 Å². The van der Waals surface area contributed by atoms with Gasteiger partial charge in [0, 0.05) is 61.0 Å². The van der Waals surface area contributed by atoms with Gasteiger partial charge in [-0.1, -0.05) is 225 Å². The maximum Gasteiger partial charge on any atom is 0.143 e. The molecule has 8 aromatic rings. The predicted molar refractivity (Wildman–Crippen MR) is 307 cm³/mol. The van der Waals surface area contributed by atoms with Gasteiger partial charge in [-0.05, 0) is 118 Å². The van der Waals surface area contributed by atoms with E-state index in [-0.39, 0.29) is 27.8 Å². The minimum absolute atomic E-state index is 0.0135. The van der Waals surface area contributed by atoms with Crippen LogP contribution in [0.15, 0.2) is 179 Å². The molecule has 15 rings (SSSR count). The number of ether oxygens (including phenoxy) is 1. The van der Waals surface area contributed by atoms with E-state index in [1.54, 1.807) is 11.1 Å². The molecule has 0 bridgehead atoms. The van der Waals surface area contributed by atoms with Gasteiger partial charge in [-0.2, -0.15) is 0 Å². The topological polar surface area (TPSA) is 22.4 Å². The van der Waals surface area contributed by atoms with Crippen LogP contribution < -0.4 is 4.74 Å². The molecule has 366 valence electrons. The van der Waals surface area contributed by atoms with Gasteiger partial charge in [0.15, 0.2) is 0 Å². The standard InChI is InChI=1S/C31H30O.C31H26O.C7H8.C2H6/c2*1-17-10-11-18-21-15-26-22(16-25(21)31(4,5)24(18)14-17)28-23(30(26,2)3)13-12-20-19-8-6-7-9-27(19)32-29(20)28;1-7-5-3-2-4-6-7;1-2/h6-10,12-16,18,28-29H,11H2,1-5H3;6-16H,1-5H3;2-6H,1H3;1-2H3. The molecule has 1 aromatic heterocycles. The molecule has 0 N–H and O–H groups in total. The van der Waals surface area contributed by atoms with E-state index in [0.29, 0.717) is 11.8 Å². The smallest absolute Gasteiger partial charge is 0.143 e. The molecule has 7 aromatic carbocycles. The summed E-state index contributed by atoms with van der Waals surface area (Å²) < 4.78 is 13.1. The zero-order chi connectivity index (χ0) is 51.1. The molecule has 2 nitrogen and oxygen atoms in total. The molecule has 0 radical (unpaired) electrons. The lowest BCUT2D eigenvalue weighted by Gasteiger charge is -2.30. The number of furan rings is 1. The summed E-state index contributed by atoms with van der Waals surface area (Å²) in [5.41, 5.74) is 28.9. The summed E-state index contributed by atoms with van der Waals surface area (Å²) in [6.45, 7) is 29.6. The summed E-state index contributed by atoms with van der Waals surface area (Å²) >= 11 is 0. The van der Waals surface area contributed by atoms with Gasteiger partial charge in [0.05, 0.1) is 0 Å². The monoisotopic (exact) mass is 955 g/mol. The van der Waals surface area contributed by atoms with E-state index in [0.717, 1.165) is 23.3 Å². The van der Waals surface area contributed by atoms with Crippen molar-refractivity contribution in [2.45, 2.75) is 136 Å². The summed E-state index contributed by atoms with van der Waals surface area (Å²) in [5.74, 6) is 1.86. The number of allylic oxidation sites excluding steroid dienone is 6. The van der Waals surface area contributed by atoms with Crippen molar-refractivity contribution in [3.8, 4) is 28.0 Å². The molecule has 0 spiro atoms. The minimum Gasteiger partial charge on any atom is -0.484 e. The average Bonchev–Trinajstić information content (AvgIpc) is 4.17. The summed E-state index contributed by atoms with van der Waals surface area (Å²) in [7, 11) is 0. The van der Waals surface area contributed by atoms with Gasteiger partial charge >= 0.3 is 0 Å². The molecular formula is C71H70O2. The molecule has 2 heteroatoms. The molecule has 0 saturated heterocycles. The maximum absolute atomic E-state index is 6.63. The quantitative estimate of drug-likeness (QED) is 0.151. The van der Waals surface area contributed by atoms with Crippen molar-refractivity contribution in [2.75, 3.05) is 0 Å². The van der Waals surface area contributed by atoms with Crippen molar-refractivity contribution >= 4 is 27.5 Å². The Bertz CT molecular complexity index is 3740. The number of hydrogen-bond acceptors (Lipinski definition) is 2. The van der Waals surface area contributed by atoms with Crippen LogP contribution >= 0.6 is 0 Å². The van der Waals surface area contributed by atoms with Gasteiger partial charge in [0.1, 0.15) is 23.0 Å². The zero-order valence-corrected chi connectivity index (χ0v) is 45.3. The summed E-state index contributed by atoms with van der Waals surface area (Å²) in [6.07, 6.45) is 10.8. The normalized spacial score (nSPS) is 21.1. The molecule has 2 heterocycles. The number of benzene rings is 7. The molecule has 0 amide bonds. The highest BCUT2D eigenvalue weighted by Gasteiger charge is 2.53. The Morgan fingerprint density at radius 3 is 1.89 bits per heavy atom. The van der Waals surface area contributed by atoms with Gasteiger partial charge in [-0.25, -0.2) is 0 Å². The number of rotatable bonds is 0. The summed E-state index contributed by atoms with van der Waals surface area (Å²) in [4.78, 5) is 0. The Balaban J connectivity index is 0.000000128. The first-order valence-corrected chi connectivity index (χ1v) is 27.0. The highest BCUT2D eigenvalue weighted by atomic mass is 16.5. The van der Waals surface area contributed by atoms with Crippen LogP contribution in [0, 0.1) is 13.8 Å². The molecule has 73 heavy (non-hydrogen) atoms. The number of aryl methyl sites for hydroxylation is 2. The number of para-hydroxylation sites is 2. The Morgan fingerprint density at radius 1 is 0.479 bits per heavy atom. The molecule has 1 aliphatic heterocycles. The third kappa shape index (κ3) is 6.81. The van der Waals surface area contributed by atoms with Crippen LogP contribution in [0.25, 0.3) is 49.8 Å². The van der Waals surface area contributed by atoms with E-state index >= 15 is 0 Å². The molecule has 6 aliphatic carbocycles. The van der Waals surface area contributed by atoms with Crippen LogP contribution in [0.1, 0.15) is 156 Å². The van der Waals surface area contributed by atoms with Crippen molar-refractivity contribution in [3.05, 3.63) is 236 Å². The first kappa shape index (κ1) is 47.1. The fourth-order valence-corrected chi connectivity index (χ4v) is 14.2.